The molecular formula is C80H130NO8P. The van der Waals surface area contributed by atoms with Crippen molar-refractivity contribution in [2.24, 2.45) is 0 Å². The van der Waals surface area contributed by atoms with E-state index in [0.29, 0.717) is 17.4 Å². The van der Waals surface area contributed by atoms with E-state index < -0.39 is 32.5 Å². The number of rotatable bonds is 63. The van der Waals surface area contributed by atoms with Gasteiger partial charge in [0.2, 0.25) is 0 Å². The van der Waals surface area contributed by atoms with Crippen LogP contribution in [0, 0.1) is 0 Å². The average molecular weight is 1260 g/mol. The van der Waals surface area contributed by atoms with E-state index in [1.807, 2.05) is 21.1 Å². The molecule has 0 aliphatic carbocycles. The highest BCUT2D eigenvalue weighted by Crippen LogP contribution is 2.38. The fourth-order valence-electron chi connectivity index (χ4n) is 9.06. The third kappa shape index (κ3) is 72.2. The Morgan fingerprint density at radius 1 is 0.344 bits per heavy atom. The van der Waals surface area contributed by atoms with Gasteiger partial charge in [-0.2, -0.15) is 0 Å². The number of phosphoric ester groups is 1. The molecule has 9 nitrogen and oxygen atoms in total. The van der Waals surface area contributed by atoms with Crippen LogP contribution in [0.5, 0.6) is 0 Å². The molecule has 0 aliphatic rings. The van der Waals surface area contributed by atoms with Crippen molar-refractivity contribution in [3.8, 4) is 0 Å². The number of hydrogen-bond acceptors (Lipinski definition) is 8. The first-order valence-corrected chi connectivity index (χ1v) is 37.0. The number of ether oxygens (including phenoxy) is 2. The second kappa shape index (κ2) is 68.5. The summed E-state index contributed by atoms with van der Waals surface area (Å²) in [6.45, 7) is 3.97. The molecule has 2 unspecified atom stereocenters. The van der Waals surface area contributed by atoms with Gasteiger partial charge in [0, 0.05) is 12.8 Å². The van der Waals surface area contributed by atoms with Crippen molar-refractivity contribution in [2.75, 3.05) is 47.5 Å². The van der Waals surface area contributed by atoms with Gasteiger partial charge in [-0.05, 0) is 135 Å². The smallest absolute Gasteiger partial charge is 0.306 e. The van der Waals surface area contributed by atoms with Gasteiger partial charge in [-0.25, -0.2) is 0 Å². The van der Waals surface area contributed by atoms with Crippen molar-refractivity contribution in [1.29, 1.82) is 0 Å². The number of hydrogen-bond donors (Lipinski definition) is 0. The summed E-state index contributed by atoms with van der Waals surface area (Å²) in [5.74, 6) is -0.872. The van der Waals surface area contributed by atoms with Crippen LogP contribution in [-0.4, -0.2) is 70.0 Å². The van der Waals surface area contributed by atoms with Crippen LogP contribution < -0.4 is 4.89 Å². The highest BCUT2D eigenvalue weighted by Gasteiger charge is 2.22. The van der Waals surface area contributed by atoms with Gasteiger partial charge in [-0.3, -0.25) is 14.2 Å². The Bertz CT molecular complexity index is 2170. The lowest BCUT2D eigenvalue weighted by molar-refractivity contribution is -0.870. The lowest BCUT2D eigenvalue weighted by Crippen LogP contribution is -2.37. The minimum atomic E-state index is -4.66. The van der Waals surface area contributed by atoms with E-state index in [0.717, 1.165) is 148 Å². The molecular weight excluding hydrogens is 1130 g/mol. The average Bonchev–Trinajstić information content (AvgIpc) is 3.61. The summed E-state index contributed by atoms with van der Waals surface area (Å²) in [6.07, 6.45) is 105. The van der Waals surface area contributed by atoms with Crippen molar-refractivity contribution < 1.29 is 42.1 Å². The predicted molar refractivity (Wildman–Crippen MR) is 387 cm³/mol. The Morgan fingerprint density at radius 2 is 0.600 bits per heavy atom. The molecule has 0 aliphatic heterocycles. The Balaban J connectivity index is 4.17. The number of likely N-dealkylation sites (N-methyl/N-ethyl adjacent to an activating group) is 1. The first kappa shape index (κ1) is 85.1. The maximum atomic E-state index is 12.9. The maximum Gasteiger partial charge on any atom is 0.306 e. The van der Waals surface area contributed by atoms with Crippen LogP contribution >= 0.6 is 7.82 Å². The van der Waals surface area contributed by atoms with E-state index in [9.17, 15) is 19.0 Å². The Morgan fingerprint density at radius 3 is 0.889 bits per heavy atom. The number of esters is 2. The summed E-state index contributed by atoms with van der Waals surface area (Å²) in [6, 6.07) is 0. The molecule has 0 rings (SSSR count). The molecule has 10 heteroatoms. The van der Waals surface area contributed by atoms with Crippen molar-refractivity contribution in [2.45, 2.75) is 264 Å². The van der Waals surface area contributed by atoms with Crippen molar-refractivity contribution in [1.82, 2.24) is 0 Å². The Hall–Kier alpha value is -4.89. The van der Waals surface area contributed by atoms with Crippen LogP contribution in [0.25, 0.3) is 0 Å². The summed E-state index contributed by atoms with van der Waals surface area (Å²) >= 11 is 0. The van der Waals surface area contributed by atoms with E-state index in [1.54, 1.807) is 0 Å². The molecule has 2 atom stereocenters. The topological polar surface area (TPSA) is 111 Å². The second-order valence-electron chi connectivity index (χ2n) is 24.1. The normalized spacial score (nSPS) is 14.2. The van der Waals surface area contributed by atoms with Crippen LogP contribution in [0.4, 0.5) is 0 Å². The van der Waals surface area contributed by atoms with Gasteiger partial charge in [0.1, 0.15) is 19.8 Å². The number of carbonyl (C=O) groups excluding carboxylic acids is 2. The summed E-state index contributed by atoms with van der Waals surface area (Å²) in [4.78, 5) is 38.1. The van der Waals surface area contributed by atoms with E-state index in [2.05, 4.69) is 196 Å². The molecule has 508 valence electrons. The third-order valence-corrected chi connectivity index (χ3v) is 15.4. The molecule has 0 saturated heterocycles. The number of allylic oxidation sites excluding steroid dienone is 30. The summed E-state index contributed by atoms with van der Waals surface area (Å²) in [5, 5.41) is 0. The summed E-state index contributed by atoms with van der Waals surface area (Å²) in [7, 11) is 1.13. The zero-order valence-electron chi connectivity index (χ0n) is 57.8. The molecule has 0 amide bonds. The molecule has 0 aromatic heterocycles. The van der Waals surface area contributed by atoms with Gasteiger partial charge in [0.25, 0.3) is 7.82 Å². The van der Waals surface area contributed by atoms with Crippen LogP contribution in [-0.2, 0) is 32.7 Å². The van der Waals surface area contributed by atoms with Crippen LogP contribution in [0.3, 0.4) is 0 Å². The molecule has 90 heavy (non-hydrogen) atoms. The molecule has 0 aromatic carbocycles. The van der Waals surface area contributed by atoms with E-state index in [-0.39, 0.29) is 26.1 Å². The quantitative estimate of drug-likeness (QED) is 0.0195. The fourth-order valence-corrected chi connectivity index (χ4v) is 9.79. The monoisotopic (exact) mass is 1260 g/mol. The molecule has 0 radical (unpaired) electrons. The highest BCUT2D eigenvalue weighted by atomic mass is 31.2. The number of unbranched alkanes of at least 4 members (excludes halogenated alkanes) is 19. The molecule has 0 spiro atoms. The Labute approximate surface area is 552 Å². The van der Waals surface area contributed by atoms with Gasteiger partial charge in [0.05, 0.1) is 27.7 Å². The molecule has 0 saturated carbocycles. The lowest BCUT2D eigenvalue weighted by atomic mass is 10.0. The summed E-state index contributed by atoms with van der Waals surface area (Å²) < 4.78 is 34.3. The first-order valence-electron chi connectivity index (χ1n) is 35.5. The zero-order valence-corrected chi connectivity index (χ0v) is 58.7. The SMILES string of the molecule is CC/C=C\C/C=C\C/C=C\C/C=C\C/C=C\C/C=C\C/C=C\C/C=C\C/C=C\C/C=C\CCCCCCC(=O)OC(COC(=O)CCCCCCCCCCCCCCCCC/C=C\C/C=C\C/C=C\C/C=C\C/C=C\CC)COP(=O)([O-])OCC[N+](C)(C)C. The standard InChI is InChI=1S/C80H130NO8P/c1-6-8-10-12-14-16-18-20-22-24-26-28-30-32-34-36-38-39-40-41-43-45-47-49-51-53-55-57-59-61-63-65-67-69-71-73-80(83)89-78(77-88-90(84,85)87-75-74-81(3,4)5)76-86-79(82)72-70-68-66-64-62-60-58-56-54-52-50-48-46-44-42-37-35-33-31-29-27-25-23-21-19-17-15-13-11-9-7-2/h8-11,14-17,20-23,26-29,32-35,38-39,41,43,47,49,53,55,59,61,78H,6-7,12-13,18-19,24-25,30-31,36-37,40,42,44-46,48,50-52,54,56-58,60,62-77H2,1-5H3/b10-8-,11-9-,16-14-,17-15-,22-20-,23-21-,28-26-,29-27-,34-32-,35-33-,39-38-,43-41-,49-47-,55-53-,61-59-. The highest BCUT2D eigenvalue weighted by molar-refractivity contribution is 7.45. The molecule has 0 fully saturated rings. The fraction of sp³-hybridized carbons (Fsp3) is 0.600. The zero-order chi connectivity index (χ0) is 65.5. The molecule has 0 N–H and O–H groups in total. The van der Waals surface area contributed by atoms with Gasteiger partial charge < -0.3 is 27.9 Å². The third-order valence-electron chi connectivity index (χ3n) is 14.4. The number of nitrogens with zero attached hydrogens (tertiary/aromatic N) is 1. The van der Waals surface area contributed by atoms with E-state index in [1.165, 1.54) is 77.0 Å². The lowest BCUT2D eigenvalue weighted by Gasteiger charge is -2.28. The number of quaternary nitrogens is 1. The van der Waals surface area contributed by atoms with Crippen molar-refractivity contribution in [3.63, 3.8) is 0 Å². The van der Waals surface area contributed by atoms with Crippen LogP contribution in [0.2, 0.25) is 0 Å². The first-order chi connectivity index (χ1) is 44.0. The number of carbonyl (C=O) groups is 2. The maximum absolute atomic E-state index is 12.9. The van der Waals surface area contributed by atoms with Crippen molar-refractivity contribution >= 4 is 19.8 Å². The van der Waals surface area contributed by atoms with Gasteiger partial charge >= 0.3 is 11.9 Å². The molecule has 0 heterocycles. The van der Waals surface area contributed by atoms with Gasteiger partial charge in [-0.15, -0.1) is 0 Å². The predicted octanol–water partition coefficient (Wildman–Crippen LogP) is 22.9. The molecule has 0 bridgehead atoms. The van der Waals surface area contributed by atoms with Crippen molar-refractivity contribution in [3.05, 3.63) is 182 Å². The minimum absolute atomic E-state index is 0.0455. The number of phosphoric acid groups is 1. The molecule has 0 aromatic rings. The van der Waals surface area contributed by atoms with Crippen LogP contribution in [0.15, 0.2) is 182 Å². The summed E-state index contributed by atoms with van der Waals surface area (Å²) in [5.41, 5.74) is 0. The van der Waals surface area contributed by atoms with Crippen LogP contribution in [0.1, 0.15) is 258 Å². The largest absolute Gasteiger partial charge is 0.756 e. The van der Waals surface area contributed by atoms with Gasteiger partial charge in [-0.1, -0.05) is 292 Å². The van der Waals surface area contributed by atoms with E-state index in [4.69, 9.17) is 18.5 Å². The minimum Gasteiger partial charge on any atom is -0.756 e. The second-order valence-corrected chi connectivity index (χ2v) is 25.5. The van der Waals surface area contributed by atoms with Gasteiger partial charge in [0.15, 0.2) is 6.10 Å². The van der Waals surface area contributed by atoms with E-state index >= 15 is 0 Å². The Kier molecular flexibility index (Phi) is 64.8.